The maximum absolute atomic E-state index is 13.3. The minimum atomic E-state index is -0.366. The number of benzene rings is 2. The van der Waals surface area contributed by atoms with Gasteiger partial charge in [-0.3, -0.25) is 0 Å². The lowest BCUT2D eigenvalue weighted by Crippen LogP contribution is -1.97. The van der Waals surface area contributed by atoms with E-state index in [2.05, 4.69) is 0 Å². The lowest BCUT2D eigenvalue weighted by Gasteiger charge is -2.08. The Morgan fingerprint density at radius 3 is 2.37 bits per heavy atom. The van der Waals surface area contributed by atoms with Gasteiger partial charge in [0.05, 0.1) is 0 Å². The van der Waals surface area contributed by atoms with Crippen molar-refractivity contribution >= 4 is 0 Å². The smallest absolute Gasteiger partial charge is 0.130 e. The Morgan fingerprint density at radius 2 is 1.74 bits per heavy atom. The van der Waals surface area contributed by atoms with Gasteiger partial charge in [0.2, 0.25) is 0 Å². The lowest BCUT2D eigenvalue weighted by molar-refractivity contribution is 0.299. The molecule has 100 valence electrons. The Balaban J connectivity index is 2.14. The first-order chi connectivity index (χ1) is 9.21. The van der Waals surface area contributed by atoms with Crippen LogP contribution in [0.25, 0.3) is 0 Å². The minimum Gasteiger partial charge on any atom is -0.457 e. The topological polar surface area (TPSA) is 55.5 Å². The van der Waals surface area contributed by atoms with Gasteiger partial charge in [-0.15, -0.1) is 0 Å². The zero-order valence-electron chi connectivity index (χ0n) is 10.5. The summed E-state index contributed by atoms with van der Waals surface area (Å²) in [5, 5.41) is 8.83. The van der Waals surface area contributed by atoms with Gasteiger partial charge in [-0.25, -0.2) is 4.39 Å². The number of rotatable bonds is 5. The van der Waals surface area contributed by atoms with Crippen LogP contribution < -0.4 is 10.5 Å². The molecule has 19 heavy (non-hydrogen) atoms. The van der Waals surface area contributed by atoms with Crippen LogP contribution in [0.3, 0.4) is 0 Å². The molecule has 0 unspecified atom stereocenters. The molecule has 0 spiro atoms. The van der Waals surface area contributed by atoms with Gasteiger partial charge >= 0.3 is 0 Å². The van der Waals surface area contributed by atoms with Crippen LogP contribution >= 0.6 is 0 Å². The normalized spacial score (nSPS) is 10.5. The first-order valence-electron chi connectivity index (χ1n) is 6.08. The van der Waals surface area contributed by atoms with Crippen molar-refractivity contribution in [3.63, 3.8) is 0 Å². The molecule has 4 heteroatoms. The lowest BCUT2D eigenvalue weighted by atomic mass is 10.1. The van der Waals surface area contributed by atoms with E-state index in [1.165, 1.54) is 12.1 Å². The van der Waals surface area contributed by atoms with Crippen molar-refractivity contribution in [2.45, 2.75) is 13.0 Å². The summed E-state index contributed by atoms with van der Waals surface area (Å²) in [6.07, 6.45) is 0.609. The van der Waals surface area contributed by atoms with E-state index in [1.807, 2.05) is 12.1 Å². The van der Waals surface area contributed by atoms with E-state index in [0.29, 0.717) is 23.5 Å². The van der Waals surface area contributed by atoms with Crippen molar-refractivity contribution in [3.05, 3.63) is 59.4 Å². The molecule has 0 heterocycles. The van der Waals surface area contributed by atoms with E-state index < -0.39 is 0 Å². The van der Waals surface area contributed by atoms with Crippen LogP contribution in [-0.2, 0) is 13.0 Å². The van der Waals surface area contributed by atoms with E-state index in [4.69, 9.17) is 15.6 Å². The second kappa shape index (κ2) is 6.31. The molecular weight excluding hydrogens is 245 g/mol. The SMILES string of the molecule is NCc1cc(F)cc(Oc2ccc(CCO)cc2)c1. The Bertz CT molecular complexity index is 540. The highest BCUT2D eigenvalue weighted by atomic mass is 19.1. The number of halogens is 1. The van der Waals surface area contributed by atoms with Crippen molar-refractivity contribution < 1.29 is 14.2 Å². The summed E-state index contributed by atoms with van der Waals surface area (Å²) >= 11 is 0. The molecule has 0 aliphatic carbocycles. The van der Waals surface area contributed by atoms with Gasteiger partial charge in [-0.1, -0.05) is 12.1 Å². The fraction of sp³-hybridized carbons (Fsp3) is 0.200. The summed E-state index contributed by atoms with van der Waals surface area (Å²) in [6, 6.07) is 11.7. The Morgan fingerprint density at radius 1 is 1.00 bits per heavy atom. The highest BCUT2D eigenvalue weighted by Crippen LogP contribution is 2.24. The highest BCUT2D eigenvalue weighted by molar-refractivity contribution is 5.35. The second-order valence-corrected chi connectivity index (χ2v) is 4.22. The molecule has 2 rings (SSSR count). The molecule has 3 N–H and O–H groups in total. The Labute approximate surface area is 111 Å². The Kier molecular flexibility index (Phi) is 4.49. The fourth-order valence-electron chi connectivity index (χ4n) is 1.79. The summed E-state index contributed by atoms with van der Waals surface area (Å²) in [4.78, 5) is 0. The standard InChI is InChI=1S/C15H16FNO2/c16-13-7-12(10-17)8-15(9-13)19-14-3-1-11(2-4-14)5-6-18/h1-4,7-9,18H,5-6,10,17H2. The van der Waals surface area contributed by atoms with Gasteiger partial charge in [0.1, 0.15) is 17.3 Å². The zero-order chi connectivity index (χ0) is 13.7. The van der Waals surface area contributed by atoms with Gasteiger partial charge in [-0.2, -0.15) is 0 Å². The number of ether oxygens (including phenoxy) is 1. The molecule has 0 atom stereocenters. The van der Waals surface area contributed by atoms with Crippen LogP contribution in [0, 0.1) is 5.82 Å². The van der Waals surface area contributed by atoms with Crippen LogP contribution in [0.15, 0.2) is 42.5 Å². The molecular formula is C15H16FNO2. The molecule has 0 fully saturated rings. The van der Waals surface area contributed by atoms with Crippen molar-refractivity contribution in [1.29, 1.82) is 0 Å². The van der Waals surface area contributed by atoms with E-state index in [9.17, 15) is 4.39 Å². The molecule has 0 aliphatic rings. The molecule has 0 aromatic heterocycles. The van der Waals surface area contributed by atoms with Crippen LogP contribution in [0.1, 0.15) is 11.1 Å². The van der Waals surface area contributed by atoms with Crippen molar-refractivity contribution in [2.24, 2.45) is 5.73 Å². The predicted molar refractivity (Wildman–Crippen MR) is 71.6 cm³/mol. The molecule has 0 aliphatic heterocycles. The third kappa shape index (κ3) is 3.77. The first kappa shape index (κ1) is 13.5. The van der Waals surface area contributed by atoms with E-state index in [0.717, 1.165) is 5.56 Å². The van der Waals surface area contributed by atoms with Crippen LogP contribution in [0.2, 0.25) is 0 Å². The van der Waals surface area contributed by atoms with Gasteiger partial charge in [0, 0.05) is 19.2 Å². The summed E-state index contributed by atoms with van der Waals surface area (Å²) in [5.41, 5.74) is 7.20. The van der Waals surface area contributed by atoms with Crippen LogP contribution in [-0.4, -0.2) is 11.7 Å². The molecule has 0 bridgehead atoms. The monoisotopic (exact) mass is 261 g/mol. The third-order valence-corrected chi connectivity index (χ3v) is 2.73. The second-order valence-electron chi connectivity index (χ2n) is 4.22. The predicted octanol–water partition coefficient (Wildman–Crippen LogP) is 2.61. The van der Waals surface area contributed by atoms with Gasteiger partial charge in [-0.05, 0) is 41.8 Å². The van der Waals surface area contributed by atoms with Gasteiger partial charge < -0.3 is 15.6 Å². The third-order valence-electron chi connectivity index (χ3n) is 2.73. The number of hydrogen-bond donors (Lipinski definition) is 2. The number of hydrogen-bond acceptors (Lipinski definition) is 3. The fourth-order valence-corrected chi connectivity index (χ4v) is 1.79. The van der Waals surface area contributed by atoms with E-state index in [-0.39, 0.29) is 19.0 Å². The molecule has 0 saturated heterocycles. The van der Waals surface area contributed by atoms with Crippen molar-refractivity contribution in [3.8, 4) is 11.5 Å². The summed E-state index contributed by atoms with van der Waals surface area (Å²) < 4.78 is 18.9. The summed E-state index contributed by atoms with van der Waals surface area (Å²) in [7, 11) is 0. The average Bonchev–Trinajstić information content (AvgIpc) is 2.40. The average molecular weight is 261 g/mol. The molecule has 0 radical (unpaired) electrons. The molecule has 0 amide bonds. The highest BCUT2D eigenvalue weighted by Gasteiger charge is 2.03. The molecule has 0 saturated carbocycles. The van der Waals surface area contributed by atoms with Gasteiger partial charge in [0.25, 0.3) is 0 Å². The quantitative estimate of drug-likeness (QED) is 0.869. The van der Waals surface area contributed by atoms with Crippen molar-refractivity contribution in [1.82, 2.24) is 0 Å². The summed E-state index contributed by atoms with van der Waals surface area (Å²) in [6.45, 7) is 0.382. The number of aliphatic hydroxyl groups excluding tert-OH is 1. The van der Waals surface area contributed by atoms with Crippen LogP contribution in [0.4, 0.5) is 4.39 Å². The molecule has 2 aromatic rings. The van der Waals surface area contributed by atoms with E-state index in [1.54, 1.807) is 18.2 Å². The van der Waals surface area contributed by atoms with E-state index >= 15 is 0 Å². The maximum Gasteiger partial charge on any atom is 0.130 e. The minimum absolute atomic E-state index is 0.115. The molecule has 2 aromatic carbocycles. The zero-order valence-corrected chi connectivity index (χ0v) is 10.5. The number of aliphatic hydroxyl groups is 1. The van der Waals surface area contributed by atoms with Crippen LogP contribution in [0.5, 0.6) is 11.5 Å². The van der Waals surface area contributed by atoms with Gasteiger partial charge in [0.15, 0.2) is 0 Å². The number of nitrogens with two attached hydrogens (primary N) is 1. The Hall–Kier alpha value is -1.91. The van der Waals surface area contributed by atoms with Crippen molar-refractivity contribution in [2.75, 3.05) is 6.61 Å². The summed E-state index contributed by atoms with van der Waals surface area (Å²) in [5.74, 6) is 0.681. The largest absolute Gasteiger partial charge is 0.457 e. The molecule has 3 nitrogen and oxygen atoms in total. The first-order valence-corrected chi connectivity index (χ1v) is 6.08. The maximum atomic E-state index is 13.3.